The number of benzene rings is 2. The second-order valence-electron chi connectivity index (χ2n) is 9.92. The molecule has 1 N–H and O–H groups in total. The van der Waals surface area contributed by atoms with Gasteiger partial charge in [-0.25, -0.2) is 17.2 Å². The van der Waals surface area contributed by atoms with Gasteiger partial charge in [0.25, 0.3) is 0 Å². The molecule has 0 aliphatic rings. The Morgan fingerprint density at radius 2 is 1.66 bits per heavy atom. The monoisotopic (exact) mass is 591 g/mol. The lowest BCUT2D eigenvalue weighted by atomic mass is 10.0. The van der Waals surface area contributed by atoms with E-state index < -0.39 is 39.1 Å². The predicted octanol–water partition coefficient (Wildman–Crippen LogP) is 5.54. The molecule has 0 saturated carbocycles. The first-order chi connectivity index (χ1) is 17.5. The normalized spacial score (nSPS) is 12.7. The molecule has 210 valence electrons. The summed E-state index contributed by atoms with van der Waals surface area (Å²) < 4.78 is 52.8. The maximum atomic E-state index is 13.8. The highest BCUT2D eigenvalue weighted by Gasteiger charge is 2.31. The molecule has 2 rings (SSSR count). The molecule has 0 aliphatic carbocycles. The van der Waals surface area contributed by atoms with Crippen LogP contribution >= 0.6 is 23.2 Å². The lowest BCUT2D eigenvalue weighted by Crippen LogP contribution is -2.53. The van der Waals surface area contributed by atoms with Crippen LogP contribution in [0.1, 0.15) is 52.5 Å². The van der Waals surface area contributed by atoms with Gasteiger partial charge in [-0.2, -0.15) is 0 Å². The zero-order chi connectivity index (χ0) is 28.8. The minimum absolute atomic E-state index is 0.0353. The number of carbonyl (C=O) groups excluding carboxylic acids is 2. The van der Waals surface area contributed by atoms with Crippen molar-refractivity contribution in [2.24, 2.45) is 0 Å². The van der Waals surface area contributed by atoms with Crippen LogP contribution in [0.25, 0.3) is 0 Å². The Hall–Kier alpha value is -2.43. The van der Waals surface area contributed by atoms with Gasteiger partial charge in [0.2, 0.25) is 21.8 Å². The van der Waals surface area contributed by atoms with Crippen LogP contribution < -0.4 is 9.62 Å². The molecule has 0 radical (unpaired) electrons. The molecule has 0 bridgehead atoms. The molecule has 2 amide bonds. The minimum atomic E-state index is -3.86. The lowest BCUT2D eigenvalue weighted by Gasteiger charge is -2.33. The van der Waals surface area contributed by atoms with Gasteiger partial charge in [-0.1, -0.05) is 36.2 Å². The Morgan fingerprint density at radius 3 is 2.16 bits per heavy atom. The van der Waals surface area contributed by atoms with Gasteiger partial charge in [-0.15, -0.1) is 0 Å². The highest BCUT2D eigenvalue weighted by molar-refractivity contribution is 7.92. The van der Waals surface area contributed by atoms with E-state index in [0.29, 0.717) is 22.0 Å². The summed E-state index contributed by atoms with van der Waals surface area (Å²) >= 11 is 12.7. The van der Waals surface area contributed by atoms with Gasteiger partial charge in [0, 0.05) is 46.7 Å². The largest absolute Gasteiger partial charge is 0.350 e. The molecule has 2 aromatic carbocycles. The van der Waals surface area contributed by atoms with Crippen LogP contribution in [0.2, 0.25) is 10.0 Å². The number of rotatable bonds is 11. The summed E-state index contributed by atoms with van der Waals surface area (Å²) in [4.78, 5) is 28.0. The van der Waals surface area contributed by atoms with Crippen LogP contribution in [0.3, 0.4) is 0 Å². The fraction of sp³-hybridized carbons (Fsp3) is 0.462. The molecule has 0 fully saturated rings. The summed E-state index contributed by atoms with van der Waals surface area (Å²) in [5.74, 6) is -3.07. The van der Waals surface area contributed by atoms with Crippen molar-refractivity contribution in [3.63, 3.8) is 0 Å². The molecule has 1 unspecified atom stereocenters. The number of nitrogens with zero attached hydrogens (tertiary/aromatic N) is 2. The molecule has 12 heteroatoms. The summed E-state index contributed by atoms with van der Waals surface area (Å²) in [6.45, 7) is 7.05. The predicted molar refractivity (Wildman–Crippen MR) is 147 cm³/mol. The lowest BCUT2D eigenvalue weighted by molar-refractivity contribution is -0.142. The highest BCUT2D eigenvalue weighted by atomic mass is 35.5. The summed E-state index contributed by atoms with van der Waals surface area (Å²) in [5.41, 5.74) is -0.123. The van der Waals surface area contributed by atoms with Gasteiger partial charge < -0.3 is 10.2 Å². The zero-order valence-corrected chi connectivity index (χ0v) is 24.4. The molecule has 38 heavy (non-hydrogen) atoms. The minimum Gasteiger partial charge on any atom is -0.350 e. The Bertz CT molecular complexity index is 1250. The van der Waals surface area contributed by atoms with Crippen molar-refractivity contribution in [1.29, 1.82) is 0 Å². The third-order valence-electron chi connectivity index (χ3n) is 5.62. The number of sulfonamides is 1. The third-order valence-corrected chi connectivity index (χ3v) is 7.52. The number of halogens is 4. The smallest absolute Gasteiger partial charge is 0.243 e. The molecule has 0 saturated heterocycles. The maximum absolute atomic E-state index is 13.8. The van der Waals surface area contributed by atoms with E-state index in [-0.39, 0.29) is 37.5 Å². The zero-order valence-electron chi connectivity index (χ0n) is 22.0. The van der Waals surface area contributed by atoms with E-state index in [2.05, 4.69) is 5.32 Å². The van der Waals surface area contributed by atoms with Crippen molar-refractivity contribution in [2.75, 3.05) is 17.1 Å². The van der Waals surface area contributed by atoms with Crippen molar-refractivity contribution in [1.82, 2.24) is 10.2 Å². The highest BCUT2D eigenvalue weighted by Crippen LogP contribution is 2.28. The Labute approximate surface area is 233 Å². The van der Waals surface area contributed by atoms with Crippen molar-refractivity contribution in [3.8, 4) is 0 Å². The number of hydrogen-bond donors (Lipinski definition) is 1. The van der Waals surface area contributed by atoms with Crippen LogP contribution in [0.5, 0.6) is 0 Å². The second kappa shape index (κ2) is 13.1. The number of carbonyl (C=O) groups is 2. The van der Waals surface area contributed by atoms with E-state index in [0.717, 1.165) is 28.8 Å². The summed E-state index contributed by atoms with van der Waals surface area (Å²) in [6.07, 6.45) is 1.16. The van der Waals surface area contributed by atoms with E-state index in [1.165, 1.54) is 4.90 Å². The van der Waals surface area contributed by atoms with Crippen LogP contribution in [0, 0.1) is 11.6 Å². The number of hydrogen-bond acceptors (Lipinski definition) is 4. The van der Waals surface area contributed by atoms with Crippen molar-refractivity contribution in [3.05, 3.63) is 63.6 Å². The maximum Gasteiger partial charge on any atom is 0.243 e. The molecule has 2 aromatic rings. The van der Waals surface area contributed by atoms with Crippen LogP contribution in [-0.2, 0) is 26.2 Å². The molecular formula is C26H33Cl2F2N3O4S. The summed E-state index contributed by atoms with van der Waals surface area (Å²) in [7, 11) is -3.86. The average Bonchev–Trinajstić information content (AvgIpc) is 2.78. The molecule has 0 aromatic heterocycles. The topological polar surface area (TPSA) is 86.8 Å². The fourth-order valence-corrected chi connectivity index (χ4v) is 5.34. The van der Waals surface area contributed by atoms with E-state index in [1.807, 2.05) is 20.8 Å². The van der Waals surface area contributed by atoms with Gasteiger partial charge in [-0.3, -0.25) is 13.9 Å². The second-order valence-corrected chi connectivity index (χ2v) is 12.6. The molecule has 1 atom stereocenters. The van der Waals surface area contributed by atoms with Gasteiger partial charge in [0.15, 0.2) is 11.6 Å². The van der Waals surface area contributed by atoms with Crippen molar-refractivity contribution in [2.45, 2.75) is 65.1 Å². The quantitative estimate of drug-likeness (QED) is 0.371. The first-order valence-electron chi connectivity index (χ1n) is 12.0. The van der Waals surface area contributed by atoms with Crippen LogP contribution in [0.15, 0.2) is 36.4 Å². The Kier molecular flexibility index (Phi) is 10.9. The number of amides is 2. The van der Waals surface area contributed by atoms with E-state index in [1.54, 1.807) is 25.1 Å². The van der Waals surface area contributed by atoms with Crippen molar-refractivity contribution < 1.29 is 26.8 Å². The molecule has 0 aliphatic heterocycles. The summed E-state index contributed by atoms with van der Waals surface area (Å²) in [5, 5.41) is 3.57. The Balaban J connectivity index is 2.31. The van der Waals surface area contributed by atoms with E-state index >= 15 is 0 Å². The first-order valence-corrected chi connectivity index (χ1v) is 14.6. The van der Waals surface area contributed by atoms with Crippen molar-refractivity contribution >= 4 is 50.7 Å². The molecule has 7 nitrogen and oxygen atoms in total. The number of anilines is 1. The van der Waals surface area contributed by atoms with Crippen LogP contribution in [0.4, 0.5) is 14.5 Å². The van der Waals surface area contributed by atoms with Gasteiger partial charge >= 0.3 is 0 Å². The summed E-state index contributed by atoms with van der Waals surface area (Å²) in [6, 6.07) is 6.86. The van der Waals surface area contributed by atoms with Gasteiger partial charge in [0.05, 0.1) is 11.9 Å². The van der Waals surface area contributed by atoms with E-state index in [4.69, 9.17) is 23.2 Å². The van der Waals surface area contributed by atoms with Crippen LogP contribution in [-0.4, -0.2) is 49.5 Å². The first kappa shape index (κ1) is 31.8. The number of nitrogens with one attached hydrogen (secondary N) is 1. The SMILES string of the molecule is CCC(C(=O)NC(C)(C)C)N(Cc1c(Cl)cccc1Cl)C(=O)CCCN(c1ccc(F)c(F)c1)S(C)(=O)=O. The third kappa shape index (κ3) is 8.81. The average molecular weight is 593 g/mol. The Morgan fingerprint density at radius 1 is 1.05 bits per heavy atom. The molecule has 0 spiro atoms. The molecular weight excluding hydrogens is 559 g/mol. The van der Waals surface area contributed by atoms with E-state index in [9.17, 15) is 26.8 Å². The van der Waals surface area contributed by atoms with Gasteiger partial charge in [0.1, 0.15) is 6.04 Å². The standard InChI is InChI=1S/C26H33Cl2F2N3O4S/c1-6-23(25(35)31-26(2,3)4)32(16-18-19(27)9-7-10-20(18)28)24(34)11-8-14-33(38(5,36)37)17-12-13-21(29)22(30)15-17/h7,9-10,12-13,15,23H,6,8,11,14,16H2,1-5H3,(H,31,35). The fourth-order valence-electron chi connectivity index (χ4n) is 3.87. The molecule has 0 heterocycles. The van der Waals surface area contributed by atoms with Gasteiger partial charge in [-0.05, 0) is 57.9 Å².